The number of likely N-dealkylation sites (tertiary alicyclic amines) is 1. The highest BCUT2D eigenvalue weighted by Crippen LogP contribution is 2.42. The van der Waals surface area contributed by atoms with E-state index in [2.05, 4.69) is 0 Å². The standard InChI is InChI=1S/C13H21ClN2O4/c1-12(2-3-12)16(10(17)8-14)9-13(20)4-6-15(7-5-13)11(18)19/h20H,2-9H2,1H3,(H,18,19). The number of amides is 2. The molecule has 6 nitrogen and oxygen atoms in total. The third-order valence-electron chi connectivity index (χ3n) is 4.46. The first-order valence-electron chi connectivity index (χ1n) is 6.86. The Bertz CT molecular complexity index is 403. The van der Waals surface area contributed by atoms with Gasteiger partial charge in [0.25, 0.3) is 0 Å². The summed E-state index contributed by atoms with van der Waals surface area (Å²) in [6, 6.07) is 0. The van der Waals surface area contributed by atoms with Crippen LogP contribution in [0.4, 0.5) is 4.79 Å². The summed E-state index contributed by atoms with van der Waals surface area (Å²) in [6.45, 7) is 2.83. The number of β-amino-alcohol motifs (C(OH)–C–C–N with tert-alkyl or cyclic N) is 1. The topological polar surface area (TPSA) is 81.1 Å². The van der Waals surface area contributed by atoms with Gasteiger partial charge in [0, 0.05) is 18.6 Å². The number of carbonyl (C=O) groups excluding carboxylic acids is 1. The Morgan fingerprint density at radius 3 is 2.20 bits per heavy atom. The molecule has 2 rings (SSSR count). The lowest BCUT2D eigenvalue weighted by molar-refractivity contribution is -0.137. The molecule has 0 radical (unpaired) electrons. The van der Waals surface area contributed by atoms with Gasteiger partial charge in [0.05, 0.1) is 12.1 Å². The predicted octanol–water partition coefficient (Wildman–Crippen LogP) is 1.11. The van der Waals surface area contributed by atoms with Crippen molar-refractivity contribution in [1.82, 2.24) is 9.80 Å². The van der Waals surface area contributed by atoms with Gasteiger partial charge in [-0.1, -0.05) is 0 Å². The highest BCUT2D eigenvalue weighted by molar-refractivity contribution is 6.27. The van der Waals surface area contributed by atoms with Gasteiger partial charge >= 0.3 is 6.09 Å². The fraction of sp³-hybridized carbons (Fsp3) is 0.846. The van der Waals surface area contributed by atoms with Crippen molar-refractivity contribution in [3.05, 3.63) is 0 Å². The van der Waals surface area contributed by atoms with Gasteiger partial charge in [-0.25, -0.2) is 4.79 Å². The minimum absolute atomic E-state index is 0.0904. The van der Waals surface area contributed by atoms with Crippen LogP contribution in [0.25, 0.3) is 0 Å². The highest BCUT2D eigenvalue weighted by atomic mass is 35.5. The maximum absolute atomic E-state index is 12.0. The molecule has 20 heavy (non-hydrogen) atoms. The van der Waals surface area contributed by atoms with E-state index < -0.39 is 11.7 Å². The number of nitrogens with zero attached hydrogens (tertiary/aromatic N) is 2. The fourth-order valence-corrected chi connectivity index (χ4v) is 2.81. The maximum Gasteiger partial charge on any atom is 0.407 e. The smallest absolute Gasteiger partial charge is 0.407 e. The quantitative estimate of drug-likeness (QED) is 0.762. The van der Waals surface area contributed by atoms with Crippen molar-refractivity contribution in [2.24, 2.45) is 0 Å². The SMILES string of the molecule is CC1(N(CC2(O)CCN(C(=O)O)CC2)C(=O)CCl)CC1. The van der Waals surface area contributed by atoms with Crippen LogP contribution in [0.2, 0.25) is 0 Å². The van der Waals surface area contributed by atoms with Crippen molar-refractivity contribution in [1.29, 1.82) is 0 Å². The molecule has 1 aliphatic carbocycles. The van der Waals surface area contributed by atoms with Gasteiger partial charge in [0.15, 0.2) is 0 Å². The van der Waals surface area contributed by atoms with E-state index in [9.17, 15) is 14.7 Å². The third-order valence-corrected chi connectivity index (χ3v) is 4.69. The zero-order valence-electron chi connectivity index (χ0n) is 11.6. The maximum atomic E-state index is 12.0. The second-order valence-corrected chi connectivity index (χ2v) is 6.37. The molecular formula is C13H21ClN2O4. The number of piperidine rings is 1. The summed E-state index contributed by atoms with van der Waals surface area (Å²) in [6.07, 6.45) is 1.58. The Balaban J connectivity index is 2.00. The van der Waals surface area contributed by atoms with E-state index in [-0.39, 0.29) is 23.9 Å². The normalized spacial score (nSPS) is 23.2. The molecule has 0 aromatic rings. The number of carbonyl (C=O) groups is 2. The molecule has 2 aliphatic rings. The van der Waals surface area contributed by atoms with Crippen molar-refractivity contribution in [2.45, 2.75) is 43.7 Å². The molecule has 1 heterocycles. The van der Waals surface area contributed by atoms with Crippen molar-refractivity contribution >= 4 is 23.6 Å². The van der Waals surface area contributed by atoms with Crippen molar-refractivity contribution in [3.8, 4) is 0 Å². The summed E-state index contributed by atoms with van der Waals surface area (Å²) in [5, 5.41) is 19.5. The van der Waals surface area contributed by atoms with Crippen LogP contribution in [0.1, 0.15) is 32.6 Å². The summed E-state index contributed by atoms with van der Waals surface area (Å²) in [5.74, 6) is -0.256. The highest BCUT2D eigenvalue weighted by Gasteiger charge is 2.48. The van der Waals surface area contributed by atoms with E-state index in [0.29, 0.717) is 25.9 Å². The molecule has 0 aromatic heterocycles. The second kappa shape index (κ2) is 5.41. The molecule has 2 N–H and O–H groups in total. The van der Waals surface area contributed by atoms with Crippen LogP contribution in [-0.2, 0) is 4.79 Å². The molecule has 1 aliphatic heterocycles. The summed E-state index contributed by atoms with van der Waals surface area (Å²) in [7, 11) is 0. The number of alkyl halides is 1. The average molecular weight is 305 g/mol. The number of halogens is 1. The molecule has 0 atom stereocenters. The van der Waals surface area contributed by atoms with Crippen molar-refractivity contribution in [3.63, 3.8) is 0 Å². The third kappa shape index (κ3) is 3.17. The lowest BCUT2D eigenvalue weighted by Gasteiger charge is -2.42. The van der Waals surface area contributed by atoms with E-state index in [1.807, 2.05) is 6.92 Å². The van der Waals surface area contributed by atoms with Crippen molar-refractivity contribution in [2.75, 3.05) is 25.5 Å². The molecule has 7 heteroatoms. The van der Waals surface area contributed by atoms with E-state index >= 15 is 0 Å². The monoisotopic (exact) mass is 304 g/mol. The minimum Gasteiger partial charge on any atom is -0.465 e. The Hall–Kier alpha value is -1.01. The number of aliphatic hydroxyl groups is 1. The average Bonchev–Trinajstić information content (AvgIpc) is 3.15. The largest absolute Gasteiger partial charge is 0.465 e. The second-order valence-electron chi connectivity index (χ2n) is 6.10. The van der Waals surface area contributed by atoms with Crippen LogP contribution in [0.5, 0.6) is 0 Å². The molecule has 0 spiro atoms. The molecular weight excluding hydrogens is 284 g/mol. The number of rotatable bonds is 4. The lowest BCUT2D eigenvalue weighted by atomic mass is 9.90. The minimum atomic E-state index is -1.01. The predicted molar refractivity (Wildman–Crippen MR) is 73.9 cm³/mol. The van der Waals surface area contributed by atoms with E-state index in [1.165, 1.54) is 4.90 Å². The number of hydrogen-bond donors (Lipinski definition) is 2. The van der Waals surface area contributed by atoms with Gasteiger partial charge in [0.1, 0.15) is 5.88 Å². The van der Waals surface area contributed by atoms with Gasteiger partial charge in [-0.05, 0) is 32.6 Å². The molecule has 0 bridgehead atoms. The number of hydrogen-bond acceptors (Lipinski definition) is 3. The summed E-state index contributed by atoms with van der Waals surface area (Å²) in [4.78, 5) is 25.8. The zero-order chi connectivity index (χ0) is 15.0. The van der Waals surface area contributed by atoms with Gasteiger partial charge in [-0.2, -0.15) is 0 Å². The van der Waals surface area contributed by atoms with Gasteiger partial charge in [-0.15, -0.1) is 11.6 Å². The Morgan fingerprint density at radius 2 is 1.80 bits per heavy atom. The molecule has 1 saturated heterocycles. The van der Waals surface area contributed by atoms with Crippen LogP contribution >= 0.6 is 11.6 Å². The Morgan fingerprint density at radius 1 is 1.25 bits per heavy atom. The van der Waals surface area contributed by atoms with Crippen LogP contribution in [-0.4, -0.2) is 68.7 Å². The summed E-state index contributed by atoms with van der Waals surface area (Å²) >= 11 is 5.65. The van der Waals surface area contributed by atoms with E-state index in [0.717, 1.165) is 12.8 Å². The summed E-state index contributed by atoms with van der Waals surface area (Å²) < 4.78 is 0. The molecule has 2 fully saturated rings. The van der Waals surface area contributed by atoms with Crippen LogP contribution in [0, 0.1) is 0 Å². The molecule has 114 valence electrons. The first-order valence-corrected chi connectivity index (χ1v) is 7.40. The first-order chi connectivity index (χ1) is 9.30. The fourth-order valence-electron chi connectivity index (χ4n) is 2.67. The Kier molecular flexibility index (Phi) is 4.16. The summed E-state index contributed by atoms with van der Waals surface area (Å²) in [5.41, 5.74) is -1.20. The zero-order valence-corrected chi connectivity index (χ0v) is 12.4. The van der Waals surface area contributed by atoms with Crippen molar-refractivity contribution < 1.29 is 19.8 Å². The van der Waals surface area contributed by atoms with Crippen LogP contribution < -0.4 is 0 Å². The first kappa shape index (κ1) is 15.4. The van der Waals surface area contributed by atoms with Gasteiger partial charge in [-0.3, -0.25) is 4.79 Å². The molecule has 0 aromatic carbocycles. The lowest BCUT2D eigenvalue weighted by Crippen LogP contribution is -2.55. The molecule has 0 unspecified atom stereocenters. The molecule has 1 saturated carbocycles. The van der Waals surface area contributed by atoms with Crippen LogP contribution in [0.15, 0.2) is 0 Å². The molecule has 2 amide bonds. The number of carboxylic acid groups (broad SMARTS) is 1. The van der Waals surface area contributed by atoms with E-state index in [4.69, 9.17) is 16.7 Å². The van der Waals surface area contributed by atoms with Gasteiger partial charge < -0.3 is 20.0 Å². The van der Waals surface area contributed by atoms with Gasteiger partial charge in [0.2, 0.25) is 5.91 Å². The van der Waals surface area contributed by atoms with E-state index in [1.54, 1.807) is 4.90 Å². The van der Waals surface area contributed by atoms with Crippen LogP contribution in [0.3, 0.4) is 0 Å². The Labute approximate surface area is 123 Å².